The molecule has 1 aliphatic rings. The number of carbonyl (C=O) groups excluding carboxylic acids is 1. The Kier molecular flexibility index (Phi) is 5.19. The van der Waals surface area contributed by atoms with Crippen LogP contribution in [0.3, 0.4) is 0 Å². The molecule has 0 bridgehead atoms. The van der Waals surface area contributed by atoms with E-state index < -0.39 is 0 Å². The van der Waals surface area contributed by atoms with Crippen molar-refractivity contribution in [1.82, 2.24) is 14.8 Å². The van der Waals surface area contributed by atoms with Gasteiger partial charge in [-0.2, -0.15) is 9.78 Å². The fourth-order valence-corrected chi connectivity index (χ4v) is 5.84. The van der Waals surface area contributed by atoms with Crippen LogP contribution in [0.25, 0.3) is 15.3 Å². The number of benzene rings is 2. The Bertz CT molecular complexity index is 1230. The standard InChI is InChI=1S/C23H22N4O2S2/c1-13(2)29-16-10-8-15(9-11-16)21-20-14(3)26-27(22(20)25-19(28)12-30-21)23-24-17-6-4-5-7-18(17)31-23/h4-11,13,21H,12H2,1-3H3,(H,25,28). The molecule has 3 heterocycles. The Morgan fingerprint density at radius 2 is 1.94 bits per heavy atom. The molecule has 0 saturated carbocycles. The second-order valence-corrected chi connectivity index (χ2v) is 9.80. The quantitative estimate of drug-likeness (QED) is 0.454. The van der Waals surface area contributed by atoms with Crippen LogP contribution in [0.4, 0.5) is 5.82 Å². The maximum atomic E-state index is 12.6. The Morgan fingerprint density at radius 1 is 1.16 bits per heavy atom. The van der Waals surface area contributed by atoms with Gasteiger partial charge in [0.1, 0.15) is 11.6 Å². The monoisotopic (exact) mass is 450 g/mol. The van der Waals surface area contributed by atoms with E-state index in [0.717, 1.165) is 37.9 Å². The first-order valence-corrected chi connectivity index (χ1v) is 12.0. The molecule has 0 fully saturated rings. The molecule has 5 rings (SSSR count). The summed E-state index contributed by atoms with van der Waals surface area (Å²) < 4.78 is 8.65. The van der Waals surface area contributed by atoms with Crippen LogP contribution < -0.4 is 10.1 Å². The van der Waals surface area contributed by atoms with E-state index in [-0.39, 0.29) is 17.3 Å². The van der Waals surface area contributed by atoms with Crippen LogP contribution in [-0.2, 0) is 4.79 Å². The van der Waals surface area contributed by atoms with Crippen LogP contribution in [0.2, 0.25) is 0 Å². The molecule has 1 amide bonds. The zero-order chi connectivity index (χ0) is 21.5. The number of nitrogens with zero attached hydrogens (tertiary/aromatic N) is 3. The minimum atomic E-state index is -0.0317. The molecular formula is C23H22N4O2S2. The Labute approximate surface area is 188 Å². The number of carbonyl (C=O) groups is 1. The lowest BCUT2D eigenvalue weighted by atomic mass is 10.0. The third kappa shape index (κ3) is 3.81. The number of fused-ring (bicyclic) bond motifs is 2. The van der Waals surface area contributed by atoms with Gasteiger partial charge in [0.05, 0.1) is 33.0 Å². The molecule has 6 nitrogen and oxygen atoms in total. The van der Waals surface area contributed by atoms with Gasteiger partial charge in [-0.15, -0.1) is 11.8 Å². The summed E-state index contributed by atoms with van der Waals surface area (Å²) in [5.74, 6) is 1.90. The smallest absolute Gasteiger partial charge is 0.235 e. The number of thiazole rings is 1. The van der Waals surface area contributed by atoms with E-state index in [4.69, 9.17) is 14.8 Å². The van der Waals surface area contributed by atoms with Crippen molar-refractivity contribution in [1.29, 1.82) is 0 Å². The number of aromatic nitrogens is 3. The van der Waals surface area contributed by atoms with Gasteiger partial charge in [0, 0.05) is 5.56 Å². The summed E-state index contributed by atoms with van der Waals surface area (Å²) in [5, 5.41) is 8.59. The number of hydrogen-bond acceptors (Lipinski definition) is 6. The van der Waals surface area contributed by atoms with E-state index in [9.17, 15) is 4.79 Å². The minimum Gasteiger partial charge on any atom is -0.491 e. The van der Waals surface area contributed by atoms with Crippen molar-refractivity contribution in [2.24, 2.45) is 0 Å². The topological polar surface area (TPSA) is 69.0 Å². The third-order valence-corrected chi connectivity index (χ3v) is 7.31. The van der Waals surface area contributed by atoms with Gasteiger partial charge in [-0.25, -0.2) is 4.98 Å². The van der Waals surface area contributed by atoms with E-state index >= 15 is 0 Å². The fraction of sp³-hybridized carbons (Fsp3) is 0.261. The molecule has 31 heavy (non-hydrogen) atoms. The predicted molar refractivity (Wildman–Crippen MR) is 127 cm³/mol. The molecule has 1 aliphatic heterocycles. The zero-order valence-electron chi connectivity index (χ0n) is 17.5. The van der Waals surface area contributed by atoms with E-state index in [2.05, 4.69) is 17.4 Å². The van der Waals surface area contributed by atoms with Crippen molar-refractivity contribution in [2.75, 3.05) is 11.1 Å². The van der Waals surface area contributed by atoms with Crippen LogP contribution in [0.1, 0.15) is 35.9 Å². The normalized spacial score (nSPS) is 16.3. The maximum absolute atomic E-state index is 12.6. The van der Waals surface area contributed by atoms with E-state index in [0.29, 0.717) is 11.6 Å². The van der Waals surface area contributed by atoms with Gasteiger partial charge in [0.15, 0.2) is 0 Å². The van der Waals surface area contributed by atoms with Crippen molar-refractivity contribution in [2.45, 2.75) is 32.1 Å². The molecule has 4 aromatic rings. The lowest BCUT2D eigenvalue weighted by molar-refractivity contribution is -0.113. The SMILES string of the molecule is Cc1nn(-c2nc3ccccc3s2)c2c1C(c1ccc(OC(C)C)cc1)SCC(=O)N2. The summed E-state index contributed by atoms with van der Waals surface area (Å²) in [4.78, 5) is 17.3. The van der Waals surface area contributed by atoms with Crippen LogP contribution in [-0.4, -0.2) is 32.5 Å². The molecule has 1 atom stereocenters. The van der Waals surface area contributed by atoms with Crippen molar-refractivity contribution >= 4 is 45.0 Å². The van der Waals surface area contributed by atoms with Gasteiger partial charge in [-0.05, 0) is 50.6 Å². The summed E-state index contributed by atoms with van der Waals surface area (Å²) >= 11 is 3.18. The van der Waals surface area contributed by atoms with Gasteiger partial charge >= 0.3 is 0 Å². The molecule has 8 heteroatoms. The molecular weight excluding hydrogens is 428 g/mol. The average Bonchev–Trinajstić information content (AvgIpc) is 3.25. The first-order valence-electron chi connectivity index (χ1n) is 10.1. The number of rotatable bonds is 4. The lowest BCUT2D eigenvalue weighted by Crippen LogP contribution is -2.15. The molecule has 0 saturated heterocycles. The minimum absolute atomic E-state index is 0.00909. The average molecular weight is 451 g/mol. The second-order valence-electron chi connectivity index (χ2n) is 7.70. The summed E-state index contributed by atoms with van der Waals surface area (Å²) in [5.41, 5.74) is 3.95. The molecule has 2 aromatic heterocycles. The molecule has 0 radical (unpaired) electrons. The lowest BCUT2D eigenvalue weighted by Gasteiger charge is -2.16. The van der Waals surface area contributed by atoms with Crippen LogP contribution in [0.15, 0.2) is 48.5 Å². The van der Waals surface area contributed by atoms with Crippen molar-refractivity contribution < 1.29 is 9.53 Å². The fourth-order valence-electron chi connectivity index (χ4n) is 3.73. The van der Waals surface area contributed by atoms with Crippen molar-refractivity contribution in [3.05, 3.63) is 65.4 Å². The highest BCUT2D eigenvalue weighted by atomic mass is 32.2. The zero-order valence-corrected chi connectivity index (χ0v) is 19.1. The number of ether oxygens (including phenoxy) is 1. The molecule has 0 spiro atoms. The van der Waals surface area contributed by atoms with Gasteiger partial charge in [0.2, 0.25) is 11.0 Å². The van der Waals surface area contributed by atoms with Crippen LogP contribution in [0, 0.1) is 6.92 Å². The summed E-state index contributed by atoms with van der Waals surface area (Å²) in [6.45, 7) is 6.01. The second kappa shape index (κ2) is 8.01. The number of para-hydroxylation sites is 1. The van der Waals surface area contributed by atoms with E-state index in [1.165, 1.54) is 0 Å². The summed E-state index contributed by atoms with van der Waals surface area (Å²) in [6.07, 6.45) is 0.126. The van der Waals surface area contributed by atoms with Gasteiger partial charge in [-0.1, -0.05) is 35.6 Å². The third-order valence-electron chi connectivity index (χ3n) is 5.03. The van der Waals surface area contributed by atoms with Crippen LogP contribution in [0.5, 0.6) is 5.75 Å². The number of thioether (sulfide) groups is 1. The number of amides is 1. The van der Waals surface area contributed by atoms with E-state index in [1.54, 1.807) is 27.8 Å². The Balaban J connectivity index is 1.59. The highest BCUT2D eigenvalue weighted by Gasteiger charge is 2.31. The molecule has 158 valence electrons. The van der Waals surface area contributed by atoms with Crippen molar-refractivity contribution in [3.63, 3.8) is 0 Å². The largest absolute Gasteiger partial charge is 0.491 e. The first-order chi connectivity index (χ1) is 15.0. The van der Waals surface area contributed by atoms with Gasteiger partial charge in [-0.3, -0.25) is 4.79 Å². The maximum Gasteiger partial charge on any atom is 0.235 e. The van der Waals surface area contributed by atoms with Crippen LogP contribution >= 0.6 is 23.1 Å². The molecule has 1 N–H and O–H groups in total. The predicted octanol–water partition coefficient (Wildman–Crippen LogP) is 5.35. The summed E-state index contributed by atoms with van der Waals surface area (Å²) in [7, 11) is 0. The number of anilines is 1. The molecule has 2 aromatic carbocycles. The number of aryl methyl sites for hydroxylation is 1. The van der Waals surface area contributed by atoms with Crippen molar-refractivity contribution in [3.8, 4) is 10.9 Å². The van der Waals surface area contributed by atoms with Gasteiger partial charge < -0.3 is 10.1 Å². The highest BCUT2D eigenvalue weighted by molar-refractivity contribution is 8.00. The first kappa shape index (κ1) is 20.1. The van der Waals surface area contributed by atoms with E-state index in [1.807, 2.05) is 57.2 Å². The summed E-state index contributed by atoms with van der Waals surface area (Å²) in [6, 6.07) is 16.1. The number of hydrogen-bond donors (Lipinski definition) is 1. The molecule has 0 aliphatic carbocycles. The molecule has 1 unspecified atom stereocenters. The Morgan fingerprint density at radius 3 is 2.68 bits per heavy atom. The van der Waals surface area contributed by atoms with Gasteiger partial charge in [0.25, 0.3) is 0 Å². The Hall–Kier alpha value is -2.84. The number of nitrogens with one attached hydrogen (secondary N) is 1. The highest BCUT2D eigenvalue weighted by Crippen LogP contribution is 2.44.